The van der Waals surface area contributed by atoms with Gasteiger partial charge in [0, 0.05) is 17.1 Å². The average molecular weight is 396 g/mol. The van der Waals surface area contributed by atoms with E-state index in [2.05, 4.69) is 104 Å². The molecule has 0 fully saturated rings. The average Bonchev–Trinajstić information content (AvgIpc) is 2.02. The van der Waals surface area contributed by atoms with Crippen LogP contribution in [0.4, 0.5) is 0 Å². The summed E-state index contributed by atoms with van der Waals surface area (Å²) in [6, 6.07) is 0. The van der Waals surface area contributed by atoms with Crippen molar-refractivity contribution in [1.29, 1.82) is 0 Å². The van der Waals surface area contributed by atoms with Crippen molar-refractivity contribution < 1.29 is 17.1 Å². The summed E-state index contributed by atoms with van der Waals surface area (Å²) in [6.07, 6.45) is 0.204. The van der Waals surface area contributed by atoms with E-state index in [1.165, 1.54) is 0 Å². The van der Waals surface area contributed by atoms with Gasteiger partial charge in [0.2, 0.25) is 0 Å². The van der Waals surface area contributed by atoms with E-state index < -0.39 is 0 Å². The maximum Gasteiger partial charge on any atom is 0 e. The Labute approximate surface area is 169 Å². The summed E-state index contributed by atoms with van der Waals surface area (Å²) < 4.78 is 0. The molecule has 0 aromatic carbocycles. The topological polar surface area (TPSA) is 56.4 Å². The molecule has 0 heterocycles. The molecule has 0 atom stereocenters. The largest absolute Gasteiger partial charge is 0.673 e. The van der Waals surface area contributed by atoms with Crippen LogP contribution in [0, 0.1) is 0 Å². The molecule has 5 heteroatoms. The van der Waals surface area contributed by atoms with Gasteiger partial charge in [-0.1, -0.05) is 83.1 Å². The minimum Gasteiger partial charge on any atom is -0.673 e. The van der Waals surface area contributed by atoms with Gasteiger partial charge < -0.3 is 21.3 Å². The molecular weight excluding hydrogens is 351 g/mol. The molecule has 0 aromatic rings. The Balaban J connectivity index is -0.000000372. The third kappa shape index (κ3) is 29.4. The maximum absolute atomic E-state index is 4.53. The van der Waals surface area contributed by atoms with E-state index in [0.717, 1.165) is 0 Å². The van der Waals surface area contributed by atoms with E-state index >= 15 is 0 Å². The summed E-state index contributed by atoms with van der Waals surface area (Å²) in [5.74, 6) is 0. The van der Waals surface area contributed by atoms with E-state index in [1.54, 1.807) is 0 Å². The minimum absolute atomic E-state index is 0. The molecular formula is C20H44MnN4-4. The van der Waals surface area contributed by atoms with E-state index in [9.17, 15) is 0 Å². The minimum atomic E-state index is 0. The summed E-state index contributed by atoms with van der Waals surface area (Å²) in [5, 5.41) is 18.1. The summed E-state index contributed by atoms with van der Waals surface area (Å²) in [7, 11) is 0. The molecule has 0 amide bonds. The Morgan fingerprint density at radius 2 is 0.520 bits per heavy atom. The predicted molar refractivity (Wildman–Crippen MR) is 111 cm³/mol. The Morgan fingerprint density at radius 3 is 0.600 bits per heavy atom. The fourth-order valence-corrected chi connectivity index (χ4v) is 2.30. The van der Waals surface area contributed by atoms with Crippen molar-refractivity contribution in [3.05, 3.63) is 21.3 Å². The van der Waals surface area contributed by atoms with Crippen LogP contribution in [0.3, 0.4) is 0 Å². The molecule has 0 unspecified atom stereocenters. The Hall–Kier alpha value is 0.359. The molecule has 1 radical (unpaired) electrons. The van der Waals surface area contributed by atoms with Crippen molar-refractivity contribution in [3.63, 3.8) is 0 Å². The summed E-state index contributed by atoms with van der Waals surface area (Å²) in [5.41, 5.74) is 0.0880. The fraction of sp³-hybridized carbons (Fsp3) is 1.00. The quantitative estimate of drug-likeness (QED) is 0.447. The van der Waals surface area contributed by atoms with Crippen LogP contribution in [0.1, 0.15) is 96.9 Å². The SMILES string of the molecule is CC([N-]C(C)(C)C)[N-]C(C)(C)C.CC([N-]C(C)(C)C)[N-]C(C)(C)C.[Mn]. The second-order valence-electron chi connectivity index (χ2n) is 10.5. The molecule has 0 saturated heterocycles. The standard InChI is InChI=1S/2C10H22N2.Mn/c2*1-8(11-9(2,3)4)12-10(5,6)7;/h2*8H,1-7H3;/q2*-2;. The second kappa shape index (κ2) is 11.3. The van der Waals surface area contributed by atoms with Gasteiger partial charge in [-0.15, -0.1) is 36.0 Å². The first-order chi connectivity index (χ1) is 10.2. The van der Waals surface area contributed by atoms with Crippen molar-refractivity contribution in [2.45, 2.75) is 131 Å². The van der Waals surface area contributed by atoms with Gasteiger partial charge in [-0.05, 0) is 0 Å². The Bertz CT molecular complexity index is 264. The normalized spacial score (nSPS) is 13.4. The molecule has 25 heavy (non-hydrogen) atoms. The fourth-order valence-electron chi connectivity index (χ4n) is 2.30. The molecule has 0 aliphatic heterocycles. The molecule has 0 rings (SSSR count). The van der Waals surface area contributed by atoms with Gasteiger partial charge in [-0.3, -0.25) is 0 Å². The van der Waals surface area contributed by atoms with Gasteiger partial charge in [0.05, 0.1) is 0 Å². The monoisotopic (exact) mass is 395 g/mol. The first-order valence-corrected chi connectivity index (χ1v) is 9.08. The molecule has 0 N–H and O–H groups in total. The van der Waals surface area contributed by atoms with Gasteiger partial charge in [-0.2, -0.15) is 0 Å². The van der Waals surface area contributed by atoms with Gasteiger partial charge in [-0.25, -0.2) is 12.3 Å². The third-order valence-corrected chi connectivity index (χ3v) is 2.30. The molecule has 155 valence electrons. The van der Waals surface area contributed by atoms with Gasteiger partial charge >= 0.3 is 0 Å². The van der Waals surface area contributed by atoms with Gasteiger partial charge in [0.25, 0.3) is 0 Å². The summed E-state index contributed by atoms with van der Waals surface area (Å²) in [6.45, 7) is 29.3. The first-order valence-electron chi connectivity index (χ1n) is 9.08. The number of hydrogen-bond donors (Lipinski definition) is 0. The van der Waals surface area contributed by atoms with E-state index in [4.69, 9.17) is 0 Å². The van der Waals surface area contributed by atoms with E-state index in [1.807, 2.05) is 13.8 Å². The first kappa shape index (κ1) is 30.1. The van der Waals surface area contributed by atoms with E-state index in [0.29, 0.717) is 0 Å². The molecule has 0 bridgehead atoms. The van der Waals surface area contributed by atoms with Crippen LogP contribution in [-0.4, -0.2) is 34.5 Å². The van der Waals surface area contributed by atoms with Crippen LogP contribution in [0.25, 0.3) is 21.3 Å². The summed E-state index contributed by atoms with van der Waals surface area (Å²) >= 11 is 0. The molecule has 0 saturated carbocycles. The third-order valence-electron chi connectivity index (χ3n) is 2.30. The zero-order valence-electron chi connectivity index (χ0n) is 19.3. The van der Waals surface area contributed by atoms with Crippen molar-refractivity contribution in [1.82, 2.24) is 0 Å². The molecule has 0 aliphatic rings. The van der Waals surface area contributed by atoms with Crippen LogP contribution in [-0.2, 0) is 17.1 Å². The number of rotatable bonds is 4. The molecule has 0 aliphatic carbocycles. The Morgan fingerprint density at radius 1 is 0.400 bits per heavy atom. The van der Waals surface area contributed by atoms with Crippen molar-refractivity contribution in [2.75, 3.05) is 0 Å². The van der Waals surface area contributed by atoms with Crippen LogP contribution in [0.2, 0.25) is 0 Å². The van der Waals surface area contributed by atoms with Crippen LogP contribution in [0.15, 0.2) is 0 Å². The summed E-state index contributed by atoms with van der Waals surface area (Å²) in [4.78, 5) is 0. The van der Waals surface area contributed by atoms with Crippen LogP contribution >= 0.6 is 0 Å². The van der Waals surface area contributed by atoms with Gasteiger partial charge in [0.15, 0.2) is 0 Å². The van der Waals surface area contributed by atoms with E-state index in [-0.39, 0.29) is 51.6 Å². The zero-order valence-corrected chi connectivity index (χ0v) is 20.5. The smallest absolute Gasteiger partial charge is 0 e. The second-order valence-corrected chi connectivity index (χ2v) is 10.5. The maximum atomic E-state index is 4.53. The van der Waals surface area contributed by atoms with Crippen LogP contribution in [0.5, 0.6) is 0 Å². The number of nitrogens with zero attached hydrogens (tertiary/aromatic N) is 4. The number of hydrogen-bond acceptors (Lipinski definition) is 0. The van der Waals surface area contributed by atoms with Crippen LogP contribution < -0.4 is 0 Å². The zero-order chi connectivity index (χ0) is 20.0. The Kier molecular flexibility index (Phi) is 13.6. The van der Waals surface area contributed by atoms with Crippen molar-refractivity contribution in [2.24, 2.45) is 0 Å². The van der Waals surface area contributed by atoms with Crippen molar-refractivity contribution >= 4 is 0 Å². The molecule has 4 nitrogen and oxygen atoms in total. The molecule has 0 spiro atoms. The predicted octanol–water partition coefficient (Wildman–Crippen LogP) is 7.35. The van der Waals surface area contributed by atoms with Crippen molar-refractivity contribution in [3.8, 4) is 0 Å². The van der Waals surface area contributed by atoms with Gasteiger partial charge in [0.1, 0.15) is 0 Å². The molecule has 0 aromatic heterocycles.